The molecule has 32 heavy (non-hydrogen) atoms. The van der Waals surface area contributed by atoms with Crippen LogP contribution in [0.4, 0.5) is 23.0 Å². The van der Waals surface area contributed by atoms with Gasteiger partial charge in [0, 0.05) is 36.1 Å². The van der Waals surface area contributed by atoms with E-state index in [-0.39, 0.29) is 12.5 Å². The van der Waals surface area contributed by atoms with Gasteiger partial charge in [-0.2, -0.15) is 9.78 Å². The molecule has 9 heteroatoms. The van der Waals surface area contributed by atoms with Gasteiger partial charge in [0.1, 0.15) is 18.0 Å². The molecule has 1 amide bonds. The van der Waals surface area contributed by atoms with E-state index in [4.69, 9.17) is 0 Å². The first-order valence-corrected chi connectivity index (χ1v) is 10.0. The van der Waals surface area contributed by atoms with Crippen LogP contribution < -0.4 is 16.0 Å². The van der Waals surface area contributed by atoms with Crippen LogP contribution in [0.3, 0.4) is 0 Å². The number of rotatable bonds is 7. The summed E-state index contributed by atoms with van der Waals surface area (Å²) in [5.41, 5.74) is 3.48. The van der Waals surface area contributed by atoms with Crippen molar-refractivity contribution >= 4 is 28.9 Å². The van der Waals surface area contributed by atoms with E-state index in [1.807, 2.05) is 43.3 Å². The highest BCUT2D eigenvalue weighted by Crippen LogP contribution is 2.27. The summed E-state index contributed by atoms with van der Waals surface area (Å²) in [6.45, 7) is 1.75. The highest BCUT2D eigenvalue weighted by Gasteiger charge is 2.13. The fourth-order valence-electron chi connectivity index (χ4n) is 3.14. The Balaban J connectivity index is 1.63. The van der Waals surface area contributed by atoms with Gasteiger partial charge in [-0.25, -0.2) is 9.97 Å². The Labute approximate surface area is 185 Å². The third-order valence-corrected chi connectivity index (χ3v) is 4.84. The van der Waals surface area contributed by atoms with Gasteiger partial charge in [-0.3, -0.25) is 4.79 Å². The van der Waals surface area contributed by atoms with Crippen LogP contribution in [0.2, 0.25) is 0 Å². The quantitative estimate of drug-likeness (QED) is 0.355. The molecule has 0 fully saturated rings. The number of aromatic nitrogens is 4. The molecule has 0 spiro atoms. The van der Waals surface area contributed by atoms with Crippen molar-refractivity contribution in [2.24, 2.45) is 0 Å². The lowest BCUT2D eigenvalue weighted by atomic mass is 10.1. The summed E-state index contributed by atoms with van der Waals surface area (Å²) in [5, 5.41) is 23.3. The number of nitrogens with one attached hydrogen (secondary N) is 3. The first-order valence-electron chi connectivity index (χ1n) is 10.0. The van der Waals surface area contributed by atoms with Crippen LogP contribution in [0, 0.1) is 6.92 Å². The van der Waals surface area contributed by atoms with Gasteiger partial charge in [-0.1, -0.05) is 24.3 Å². The Hall–Kier alpha value is -4.24. The lowest BCUT2D eigenvalue weighted by Crippen LogP contribution is -2.12. The molecule has 0 atom stereocenters. The van der Waals surface area contributed by atoms with E-state index in [2.05, 4.69) is 31.0 Å². The number of hydrogen-bond donors (Lipinski definition) is 4. The van der Waals surface area contributed by atoms with Crippen molar-refractivity contribution in [2.75, 3.05) is 23.0 Å². The molecule has 2 aromatic heterocycles. The van der Waals surface area contributed by atoms with Gasteiger partial charge in [-0.15, -0.1) is 0 Å². The average molecular weight is 429 g/mol. The molecule has 0 saturated heterocycles. The Kier molecular flexibility index (Phi) is 6.09. The summed E-state index contributed by atoms with van der Waals surface area (Å²) in [5.74, 6) is 1.61. The zero-order chi connectivity index (χ0) is 22.5. The maximum atomic E-state index is 12.5. The topological polar surface area (TPSA) is 117 Å². The smallest absolute Gasteiger partial charge is 0.255 e. The predicted octanol–water partition coefficient (Wildman–Crippen LogP) is 3.50. The number of aliphatic hydroxyl groups is 1. The number of aryl methyl sites for hydroxylation is 1. The first-order chi connectivity index (χ1) is 15.6. The largest absolute Gasteiger partial charge is 0.390 e. The number of hydrogen-bond acceptors (Lipinski definition) is 7. The predicted molar refractivity (Wildman–Crippen MR) is 123 cm³/mol. The Morgan fingerprint density at radius 1 is 1.06 bits per heavy atom. The maximum absolute atomic E-state index is 12.5. The number of carbonyl (C=O) groups is 1. The standard InChI is InChI=1S/C23H23N7O2/c1-15-8-9-17(27-23(32)16-6-4-3-5-7-16)10-19(15)28-22-11-18(13-31)29-30(22)21-12-20(24-2)25-14-26-21/h3-12,14,28,31H,13H2,1-2H3,(H,27,32)(H,24,25,26). The molecule has 0 radical (unpaired) electrons. The molecule has 0 aliphatic carbocycles. The first kappa shape index (κ1) is 21.0. The molecule has 2 heterocycles. The van der Waals surface area contributed by atoms with Crippen LogP contribution >= 0.6 is 0 Å². The third-order valence-electron chi connectivity index (χ3n) is 4.84. The number of anilines is 4. The third kappa shape index (κ3) is 4.57. The summed E-state index contributed by atoms with van der Waals surface area (Å²) in [4.78, 5) is 20.9. The van der Waals surface area contributed by atoms with Gasteiger partial charge in [0.25, 0.3) is 5.91 Å². The van der Waals surface area contributed by atoms with Crippen LogP contribution in [0.5, 0.6) is 0 Å². The van der Waals surface area contributed by atoms with Crippen molar-refractivity contribution in [3.63, 3.8) is 0 Å². The van der Waals surface area contributed by atoms with E-state index in [0.29, 0.717) is 34.4 Å². The van der Waals surface area contributed by atoms with Crippen LogP contribution in [0.25, 0.3) is 5.82 Å². The molecule has 0 saturated carbocycles. The number of carbonyl (C=O) groups excluding carboxylic acids is 1. The molecular formula is C23H23N7O2. The number of amides is 1. The Morgan fingerprint density at radius 2 is 1.88 bits per heavy atom. The summed E-state index contributed by atoms with van der Waals surface area (Å²) in [6.07, 6.45) is 1.44. The fourth-order valence-corrected chi connectivity index (χ4v) is 3.14. The lowest BCUT2D eigenvalue weighted by molar-refractivity contribution is 0.102. The van der Waals surface area contributed by atoms with Crippen LogP contribution in [-0.2, 0) is 6.61 Å². The number of nitrogens with zero attached hydrogens (tertiary/aromatic N) is 4. The van der Waals surface area contributed by atoms with Crippen LogP contribution in [-0.4, -0.2) is 37.8 Å². The number of aliphatic hydroxyl groups excluding tert-OH is 1. The van der Waals surface area contributed by atoms with Crippen LogP contribution in [0.15, 0.2) is 67.0 Å². The second kappa shape index (κ2) is 9.27. The maximum Gasteiger partial charge on any atom is 0.255 e. The van der Waals surface area contributed by atoms with Crippen LogP contribution in [0.1, 0.15) is 21.6 Å². The highest BCUT2D eigenvalue weighted by molar-refractivity contribution is 6.04. The zero-order valence-corrected chi connectivity index (χ0v) is 17.7. The summed E-state index contributed by atoms with van der Waals surface area (Å²) in [7, 11) is 1.77. The monoisotopic (exact) mass is 429 g/mol. The molecule has 4 N–H and O–H groups in total. The Bertz CT molecular complexity index is 1240. The molecule has 2 aromatic carbocycles. The minimum Gasteiger partial charge on any atom is -0.390 e. The molecule has 162 valence electrons. The minimum atomic E-state index is -0.211. The van der Waals surface area contributed by atoms with E-state index in [9.17, 15) is 9.90 Å². The van der Waals surface area contributed by atoms with E-state index in [1.165, 1.54) is 6.33 Å². The van der Waals surface area contributed by atoms with Crippen molar-refractivity contribution in [1.82, 2.24) is 19.7 Å². The highest BCUT2D eigenvalue weighted by atomic mass is 16.3. The van der Waals surface area contributed by atoms with Crippen molar-refractivity contribution in [1.29, 1.82) is 0 Å². The molecule has 4 rings (SSSR count). The van der Waals surface area contributed by atoms with Crippen molar-refractivity contribution in [2.45, 2.75) is 13.5 Å². The summed E-state index contributed by atoms with van der Waals surface area (Å²) >= 11 is 0. The summed E-state index contributed by atoms with van der Waals surface area (Å²) in [6, 6.07) is 18.2. The van der Waals surface area contributed by atoms with Gasteiger partial charge in [-0.05, 0) is 36.8 Å². The molecular weight excluding hydrogens is 406 g/mol. The van der Waals surface area contributed by atoms with E-state index >= 15 is 0 Å². The molecule has 4 aromatic rings. The zero-order valence-electron chi connectivity index (χ0n) is 17.7. The Morgan fingerprint density at radius 3 is 2.62 bits per heavy atom. The lowest BCUT2D eigenvalue weighted by Gasteiger charge is -2.14. The van der Waals surface area contributed by atoms with Gasteiger partial charge in [0.05, 0.1) is 12.3 Å². The fraction of sp³-hybridized carbons (Fsp3) is 0.130. The molecule has 9 nitrogen and oxygen atoms in total. The number of benzene rings is 2. The SMILES string of the molecule is CNc1cc(-n2nc(CO)cc2Nc2cc(NC(=O)c3ccccc3)ccc2C)ncn1. The van der Waals surface area contributed by atoms with Gasteiger partial charge < -0.3 is 21.1 Å². The second-order valence-corrected chi connectivity index (χ2v) is 7.08. The molecule has 0 aliphatic rings. The van der Waals surface area contributed by atoms with Gasteiger partial charge in [0.15, 0.2) is 5.82 Å². The minimum absolute atomic E-state index is 0.186. The van der Waals surface area contributed by atoms with E-state index in [1.54, 1.807) is 36.0 Å². The molecule has 0 aliphatic heterocycles. The van der Waals surface area contributed by atoms with Crippen molar-refractivity contribution in [3.05, 3.63) is 83.8 Å². The van der Waals surface area contributed by atoms with Crippen molar-refractivity contribution in [3.8, 4) is 5.82 Å². The normalized spacial score (nSPS) is 10.6. The summed E-state index contributed by atoms with van der Waals surface area (Å²) < 4.78 is 1.60. The molecule has 0 bridgehead atoms. The van der Waals surface area contributed by atoms with Gasteiger partial charge >= 0.3 is 0 Å². The van der Waals surface area contributed by atoms with Crippen molar-refractivity contribution < 1.29 is 9.90 Å². The average Bonchev–Trinajstić information content (AvgIpc) is 3.24. The van der Waals surface area contributed by atoms with E-state index < -0.39 is 0 Å². The van der Waals surface area contributed by atoms with Gasteiger partial charge in [0.2, 0.25) is 0 Å². The van der Waals surface area contributed by atoms with E-state index in [0.717, 1.165) is 11.3 Å². The molecule has 0 unspecified atom stereocenters. The second-order valence-electron chi connectivity index (χ2n) is 7.08.